The summed E-state index contributed by atoms with van der Waals surface area (Å²) in [6, 6.07) is 12.7. The minimum atomic E-state index is -2.22. The number of aromatic nitrogens is 1. The van der Waals surface area contributed by atoms with Crippen molar-refractivity contribution in [3.63, 3.8) is 0 Å². The third-order valence-corrected chi connectivity index (χ3v) is 7.39. The molecular weight excluding hydrogens is 562 g/mol. The molecule has 3 atom stereocenters. The summed E-state index contributed by atoms with van der Waals surface area (Å²) in [6.07, 6.45) is 0.167. The summed E-state index contributed by atoms with van der Waals surface area (Å²) in [6.45, 7) is 6.90. The molecule has 224 valence electrons. The van der Waals surface area contributed by atoms with Gasteiger partial charge in [-0.3, -0.25) is 0 Å². The minimum Gasteiger partial charge on any atom is -0.478 e. The Bertz CT molecular complexity index is 1310. The molecular formula is C30H35N3O8S. The van der Waals surface area contributed by atoms with E-state index < -0.39 is 36.1 Å². The number of nitrogens with two attached hydrogens (primary N) is 1. The summed E-state index contributed by atoms with van der Waals surface area (Å²) in [7, 11) is 0. The van der Waals surface area contributed by atoms with E-state index in [9.17, 15) is 29.4 Å². The number of rotatable bonds is 10. The number of aliphatic carboxylic acids is 2. The van der Waals surface area contributed by atoms with Crippen LogP contribution in [0.4, 0.5) is 5.13 Å². The van der Waals surface area contributed by atoms with Gasteiger partial charge in [-0.25, -0.2) is 24.2 Å². The largest absolute Gasteiger partial charge is 0.478 e. The van der Waals surface area contributed by atoms with Crippen LogP contribution < -0.4 is 11.1 Å². The van der Waals surface area contributed by atoms with Gasteiger partial charge in [0.1, 0.15) is 0 Å². The van der Waals surface area contributed by atoms with Crippen molar-refractivity contribution in [1.29, 1.82) is 0 Å². The number of fused-ring (bicyclic) bond motifs is 1. The highest BCUT2D eigenvalue weighted by atomic mass is 32.1. The van der Waals surface area contributed by atoms with Crippen molar-refractivity contribution < 1.29 is 38.9 Å². The summed E-state index contributed by atoms with van der Waals surface area (Å²) in [5.74, 6) is -5.62. The molecule has 0 spiro atoms. The molecule has 12 heteroatoms. The van der Waals surface area contributed by atoms with Crippen LogP contribution in [0.1, 0.15) is 62.2 Å². The minimum absolute atomic E-state index is 0.0332. The zero-order chi connectivity index (χ0) is 30.8. The monoisotopic (exact) mass is 597 g/mol. The van der Waals surface area contributed by atoms with Crippen molar-refractivity contribution in [2.24, 2.45) is 0 Å². The third kappa shape index (κ3) is 9.11. The van der Waals surface area contributed by atoms with Crippen molar-refractivity contribution in [3.05, 3.63) is 81.4 Å². The van der Waals surface area contributed by atoms with Crippen LogP contribution in [0.5, 0.6) is 0 Å². The number of aryl methyl sites for hydroxylation is 3. The first-order chi connectivity index (χ1) is 20.0. The second-order valence-electron chi connectivity index (χ2n) is 9.88. The molecule has 1 heterocycles. The predicted octanol–water partition coefficient (Wildman–Crippen LogP) is 3.81. The maximum atomic E-state index is 12.2. The van der Waals surface area contributed by atoms with Gasteiger partial charge in [-0.2, -0.15) is 0 Å². The maximum Gasteiger partial charge on any atom is 0.349 e. The Morgan fingerprint density at radius 2 is 1.40 bits per heavy atom. The lowest BCUT2D eigenvalue weighted by molar-refractivity contribution is -0.166. The number of carbonyl (C=O) groups excluding carboxylic acids is 2. The average molecular weight is 598 g/mol. The zero-order valence-electron chi connectivity index (χ0n) is 23.7. The topological polar surface area (TPSA) is 178 Å². The number of anilines is 1. The van der Waals surface area contributed by atoms with Gasteiger partial charge in [0.2, 0.25) is 12.2 Å². The van der Waals surface area contributed by atoms with Gasteiger partial charge < -0.3 is 30.7 Å². The van der Waals surface area contributed by atoms with Crippen molar-refractivity contribution in [3.8, 4) is 0 Å². The van der Waals surface area contributed by atoms with Crippen LogP contribution in [0.2, 0.25) is 0 Å². The lowest BCUT2D eigenvalue weighted by Gasteiger charge is -2.21. The molecule has 0 bridgehead atoms. The Kier molecular flexibility index (Phi) is 11.6. The van der Waals surface area contributed by atoms with Crippen LogP contribution >= 0.6 is 11.3 Å². The Morgan fingerprint density at radius 3 is 1.83 bits per heavy atom. The first kappa shape index (κ1) is 32.2. The van der Waals surface area contributed by atoms with Crippen LogP contribution in [0.3, 0.4) is 0 Å². The van der Waals surface area contributed by atoms with Crippen LogP contribution in [0.15, 0.2) is 48.5 Å². The standard InChI is InChI=1S/C20H18O8.C10H17N3S/c1-11-3-7-13(8-4-11)19(25)27-15(17(21)22)16(18(23)24)28-20(26)14-9-5-12(2)6-10-14;1-2-5-12-7-3-4-8-9(6-7)14-10(11)13-8/h3-10,15-16H,1-2H3,(H,21,22)(H,23,24);7,12H,2-6H2,1H3,(H2,11,13)/t15-,16-;7-/m11/s1. The summed E-state index contributed by atoms with van der Waals surface area (Å²) in [5, 5.41) is 22.9. The molecule has 2 aromatic carbocycles. The Labute approximate surface area is 247 Å². The van der Waals surface area contributed by atoms with E-state index in [2.05, 4.69) is 17.2 Å². The van der Waals surface area contributed by atoms with Crippen LogP contribution in [0.25, 0.3) is 0 Å². The Morgan fingerprint density at radius 1 is 0.929 bits per heavy atom. The molecule has 42 heavy (non-hydrogen) atoms. The number of carbonyl (C=O) groups is 4. The zero-order valence-corrected chi connectivity index (χ0v) is 24.5. The number of carboxylic acids is 2. The molecule has 0 amide bonds. The van der Waals surface area contributed by atoms with Gasteiger partial charge in [-0.05, 0) is 70.3 Å². The number of thiazole rings is 1. The summed E-state index contributed by atoms with van der Waals surface area (Å²) in [5.41, 5.74) is 8.72. The van der Waals surface area contributed by atoms with Crippen molar-refractivity contribution in [2.75, 3.05) is 12.3 Å². The van der Waals surface area contributed by atoms with Gasteiger partial charge >= 0.3 is 23.9 Å². The van der Waals surface area contributed by atoms with Crippen LogP contribution in [0, 0.1) is 13.8 Å². The Hall–Kier alpha value is -4.29. The fourth-order valence-corrected chi connectivity index (χ4v) is 5.11. The SMILES string of the molecule is CCCN[C@@H]1CCc2nc(N)sc2C1.Cc1ccc(C(=O)O[C@@H](C(=O)O)[C@@H](OC(=O)c2ccc(C)cc2)C(=O)O)cc1. The molecule has 3 aromatic rings. The summed E-state index contributed by atoms with van der Waals surface area (Å²) >= 11 is 1.65. The molecule has 5 N–H and O–H groups in total. The van der Waals surface area contributed by atoms with Gasteiger partial charge in [0.15, 0.2) is 5.13 Å². The molecule has 1 aliphatic rings. The van der Waals surface area contributed by atoms with E-state index in [0.29, 0.717) is 6.04 Å². The van der Waals surface area contributed by atoms with Crippen LogP contribution in [-0.4, -0.2) is 63.9 Å². The third-order valence-electron chi connectivity index (χ3n) is 6.44. The smallest absolute Gasteiger partial charge is 0.349 e. The number of esters is 2. The predicted molar refractivity (Wildman–Crippen MR) is 157 cm³/mol. The summed E-state index contributed by atoms with van der Waals surface area (Å²) in [4.78, 5) is 53.1. The fourth-order valence-electron chi connectivity index (χ4n) is 4.15. The molecule has 1 aromatic heterocycles. The normalized spacial score (nSPS) is 15.3. The molecule has 0 radical (unpaired) electrons. The first-order valence-corrected chi connectivity index (χ1v) is 14.3. The molecule has 11 nitrogen and oxygen atoms in total. The summed E-state index contributed by atoms with van der Waals surface area (Å²) < 4.78 is 9.64. The van der Waals surface area contributed by atoms with E-state index in [4.69, 9.17) is 15.2 Å². The quantitative estimate of drug-likeness (QED) is 0.250. The number of hydrogen-bond acceptors (Lipinski definition) is 10. The Balaban J connectivity index is 0.000000287. The lowest BCUT2D eigenvalue weighted by Crippen LogP contribution is -2.45. The molecule has 0 aliphatic heterocycles. The van der Waals surface area contributed by atoms with Gasteiger partial charge in [-0.15, -0.1) is 11.3 Å². The first-order valence-electron chi connectivity index (χ1n) is 13.5. The average Bonchev–Trinajstić information content (AvgIpc) is 3.33. The molecule has 0 saturated heterocycles. The number of hydrogen-bond donors (Lipinski definition) is 4. The van der Waals surface area contributed by atoms with Crippen molar-refractivity contribution >= 4 is 40.3 Å². The lowest BCUT2D eigenvalue weighted by atomic mass is 9.98. The van der Waals surface area contributed by atoms with E-state index >= 15 is 0 Å². The number of nitrogens with zero attached hydrogens (tertiary/aromatic N) is 1. The van der Waals surface area contributed by atoms with E-state index in [0.717, 1.165) is 35.6 Å². The maximum absolute atomic E-state index is 12.2. The number of nitrogens with one attached hydrogen (secondary N) is 1. The number of benzene rings is 2. The highest BCUT2D eigenvalue weighted by Gasteiger charge is 2.41. The highest BCUT2D eigenvalue weighted by molar-refractivity contribution is 7.15. The van der Waals surface area contributed by atoms with E-state index in [1.54, 1.807) is 49.4 Å². The number of ether oxygens (including phenoxy) is 2. The molecule has 0 fully saturated rings. The van der Waals surface area contributed by atoms with Gasteiger partial charge in [0.05, 0.1) is 16.8 Å². The highest BCUT2D eigenvalue weighted by Crippen LogP contribution is 2.28. The number of nitrogen functional groups attached to an aromatic ring is 1. The molecule has 0 saturated carbocycles. The van der Waals surface area contributed by atoms with E-state index in [-0.39, 0.29) is 11.1 Å². The van der Waals surface area contributed by atoms with Gasteiger partial charge in [0, 0.05) is 10.9 Å². The van der Waals surface area contributed by atoms with Gasteiger partial charge in [-0.1, -0.05) is 42.3 Å². The van der Waals surface area contributed by atoms with E-state index in [1.807, 2.05) is 0 Å². The van der Waals surface area contributed by atoms with E-state index in [1.165, 1.54) is 47.7 Å². The van der Waals surface area contributed by atoms with Crippen molar-refractivity contribution in [2.45, 2.75) is 64.7 Å². The second kappa shape index (κ2) is 15.1. The molecule has 1 aliphatic carbocycles. The number of carboxylic acid groups (broad SMARTS) is 2. The van der Waals surface area contributed by atoms with Gasteiger partial charge in [0.25, 0.3) is 0 Å². The second-order valence-corrected chi connectivity index (χ2v) is 11.0. The molecule has 4 rings (SSSR count). The molecule has 0 unspecified atom stereocenters. The van der Waals surface area contributed by atoms with Crippen molar-refractivity contribution in [1.82, 2.24) is 10.3 Å². The van der Waals surface area contributed by atoms with Crippen LogP contribution in [-0.2, 0) is 31.9 Å². The fraction of sp³-hybridized carbons (Fsp3) is 0.367.